The van der Waals surface area contributed by atoms with Crippen LogP contribution in [-0.2, 0) is 25.7 Å². The van der Waals surface area contributed by atoms with Crippen LogP contribution >= 0.6 is 0 Å². The Labute approximate surface area is 159 Å². The van der Waals surface area contributed by atoms with Crippen LogP contribution in [0.15, 0.2) is 30.3 Å². The fourth-order valence-corrected chi connectivity index (χ4v) is 3.68. The summed E-state index contributed by atoms with van der Waals surface area (Å²) >= 11 is 0. The van der Waals surface area contributed by atoms with Gasteiger partial charge in [0.1, 0.15) is 0 Å². The predicted molar refractivity (Wildman–Crippen MR) is 99.6 cm³/mol. The Kier molecular flexibility index (Phi) is 6.45. The lowest BCUT2D eigenvalue weighted by molar-refractivity contribution is -0.142. The van der Waals surface area contributed by atoms with Crippen molar-refractivity contribution in [1.29, 1.82) is 0 Å². The van der Waals surface area contributed by atoms with Crippen molar-refractivity contribution < 1.29 is 19.1 Å². The quantitative estimate of drug-likeness (QED) is 0.738. The van der Waals surface area contributed by atoms with Crippen LogP contribution in [0.4, 0.5) is 0 Å². The molecule has 3 amide bonds. The highest BCUT2D eigenvalue weighted by molar-refractivity contribution is 5.89. The number of hydrogen-bond acceptors (Lipinski definition) is 4. The van der Waals surface area contributed by atoms with Crippen molar-refractivity contribution in [2.75, 3.05) is 46.4 Å². The Morgan fingerprint density at radius 2 is 1.74 bits per heavy atom. The SMILES string of the molecule is COCCC(=O)N1CCN(C(=O)C2CC(=O)N(Cc3ccccc3)C2)CC1. The van der Waals surface area contributed by atoms with E-state index in [0.29, 0.717) is 52.3 Å². The van der Waals surface area contributed by atoms with E-state index in [1.54, 1.807) is 21.8 Å². The number of methoxy groups -OCH3 is 1. The minimum atomic E-state index is -0.281. The number of carbonyl (C=O) groups excluding carboxylic acids is 3. The van der Waals surface area contributed by atoms with Gasteiger partial charge in [0.25, 0.3) is 0 Å². The molecule has 1 unspecified atom stereocenters. The van der Waals surface area contributed by atoms with Crippen LogP contribution in [-0.4, -0.2) is 78.9 Å². The standard InChI is InChI=1S/C20H27N3O4/c1-27-12-7-18(24)21-8-10-22(11-9-21)20(26)17-13-19(25)23(15-17)14-16-5-3-2-4-6-16/h2-6,17H,7-15H2,1H3. The molecule has 7 nitrogen and oxygen atoms in total. The Balaban J connectivity index is 1.49. The lowest BCUT2D eigenvalue weighted by atomic mass is 10.1. The summed E-state index contributed by atoms with van der Waals surface area (Å²) in [6, 6.07) is 9.82. The molecular formula is C20H27N3O4. The third kappa shape index (κ3) is 4.86. The summed E-state index contributed by atoms with van der Waals surface area (Å²) < 4.78 is 4.94. The first-order valence-corrected chi connectivity index (χ1v) is 9.45. The molecule has 0 aliphatic carbocycles. The normalized spacial score (nSPS) is 20.3. The van der Waals surface area contributed by atoms with Gasteiger partial charge in [0.2, 0.25) is 17.7 Å². The van der Waals surface area contributed by atoms with E-state index >= 15 is 0 Å². The lowest BCUT2D eigenvalue weighted by Gasteiger charge is -2.36. The van der Waals surface area contributed by atoms with Gasteiger partial charge in [-0.2, -0.15) is 0 Å². The van der Waals surface area contributed by atoms with E-state index < -0.39 is 0 Å². The largest absolute Gasteiger partial charge is 0.384 e. The number of amides is 3. The number of hydrogen-bond donors (Lipinski definition) is 0. The van der Waals surface area contributed by atoms with E-state index in [0.717, 1.165) is 5.56 Å². The molecule has 2 aliphatic rings. The molecule has 0 spiro atoms. The zero-order valence-corrected chi connectivity index (χ0v) is 15.8. The average Bonchev–Trinajstić information content (AvgIpc) is 3.06. The average molecular weight is 373 g/mol. The minimum Gasteiger partial charge on any atom is -0.384 e. The molecule has 1 atom stereocenters. The molecule has 27 heavy (non-hydrogen) atoms. The van der Waals surface area contributed by atoms with E-state index in [1.807, 2.05) is 30.3 Å². The zero-order valence-electron chi connectivity index (χ0n) is 15.8. The molecule has 0 N–H and O–H groups in total. The molecule has 0 radical (unpaired) electrons. The van der Waals surface area contributed by atoms with Crippen molar-refractivity contribution in [3.8, 4) is 0 Å². The Bertz CT molecular complexity index is 671. The maximum atomic E-state index is 12.8. The number of rotatable bonds is 6. The molecule has 2 saturated heterocycles. The van der Waals surface area contributed by atoms with Crippen LogP contribution in [0, 0.1) is 5.92 Å². The van der Waals surface area contributed by atoms with Crippen molar-refractivity contribution in [3.05, 3.63) is 35.9 Å². The summed E-state index contributed by atoms with van der Waals surface area (Å²) in [5, 5.41) is 0. The van der Waals surface area contributed by atoms with Crippen LogP contribution in [0.25, 0.3) is 0 Å². The van der Waals surface area contributed by atoms with Gasteiger partial charge in [-0.15, -0.1) is 0 Å². The second kappa shape index (κ2) is 8.99. The maximum Gasteiger partial charge on any atom is 0.228 e. The maximum absolute atomic E-state index is 12.8. The van der Waals surface area contributed by atoms with E-state index in [4.69, 9.17) is 4.74 Å². The van der Waals surface area contributed by atoms with Gasteiger partial charge in [-0.3, -0.25) is 14.4 Å². The van der Waals surface area contributed by atoms with Crippen molar-refractivity contribution in [1.82, 2.24) is 14.7 Å². The Morgan fingerprint density at radius 1 is 1.07 bits per heavy atom. The van der Waals surface area contributed by atoms with Crippen LogP contribution < -0.4 is 0 Å². The summed E-state index contributed by atoms with van der Waals surface area (Å²) in [7, 11) is 1.58. The monoisotopic (exact) mass is 373 g/mol. The number of benzene rings is 1. The summed E-state index contributed by atoms with van der Waals surface area (Å²) in [6.45, 7) is 3.58. The first-order chi connectivity index (χ1) is 13.1. The molecule has 1 aromatic carbocycles. The van der Waals surface area contributed by atoms with Gasteiger partial charge in [0.15, 0.2) is 0 Å². The summed E-state index contributed by atoms with van der Waals surface area (Å²) in [5.41, 5.74) is 1.07. The molecule has 146 valence electrons. The lowest BCUT2D eigenvalue weighted by Crippen LogP contribution is -2.52. The molecule has 2 aliphatic heterocycles. The van der Waals surface area contributed by atoms with Gasteiger partial charge < -0.3 is 19.4 Å². The number of ether oxygens (including phenoxy) is 1. The van der Waals surface area contributed by atoms with E-state index in [-0.39, 0.29) is 30.1 Å². The van der Waals surface area contributed by atoms with Gasteiger partial charge in [0.05, 0.1) is 18.9 Å². The highest BCUT2D eigenvalue weighted by Crippen LogP contribution is 2.23. The molecule has 3 rings (SSSR count). The summed E-state index contributed by atoms with van der Waals surface area (Å²) in [6.07, 6.45) is 0.647. The van der Waals surface area contributed by atoms with Gasteiger partial charge in [-0.25, -0.2) is 0 Å². The van der Waals surface area contributed by atoms with Crippen molar-refractivity contribution in [2.24, 2.45) is 5.92 Å². The molecular weight excluding hydrogens is 346 g/mol. The molecule has 1 aromatic rings. The van der Waals surface area contributed by atoms with Crippen molar-refractivity contribution in [3.63, 3.8) is 0 Å². The zero-order chi connectivity index (χ0) is 19.2. The second-order valence-corrected chi connectivity index (χ2v) is 7.11. The molecule has 0 saturated carbocycles. The molecule has 0 aromatic heterocycles. The van der Waals surface area contributed by atoms with Crippen LogP contribution in [0.2, 0.25) is 0 Å². The molecule has 0 bridgehead atoms. The number of piperazine rings is 1. The Hall–Kier alpha value is -2.41. The minimum absolute atomic E-state index is 0.0305. The Morgan fingerprint density at radius 3 is 2.41 bits per heavy atom. The van der Waals surface area contributed by atoms with Crippen LogP contribution in [0.3, 0.4) is 0 Å². The van der Waals surface area contributed by atoms with Gasteiger partial charge in [-0.05, 0) is 5.56 Å². The third-order valence-corrected chi connectivity index (χ3v) is 5.24. The van der Waals surface area contributed by atoms with E-state index in [9.17, 15) is 14.4 Å². The highest BCUT2D eigenvalue weighted by Gasteiger charge is 2.37. The van der Waals surface area contributed by atoms with E-state index in [2.05, 4.69) is 0 Å². The summed E-state index contributed by atoms with van der Waals surface area (Å²) in [5.74, 6) is -0.153. The number of carbonyl (C=O) groups is 3. The first kappa shape index (κ1) is 19.4. The number of likely N-dealkylation sites (tertiary alicyclic amines) is 1. The van der Waals surface area contributed by atoms with E-state index in [1.165, 1.54) is 0 Å². The molecule has 7 heteroatoms. The topological polar surface area (TPSA) is 70.2 Å². The second-order valence-electron chi connectivity index (χ2n) is 7.11. The molecule has 2 fully saturated rings. The van der Waals surface area contributed by atoms with Gasteiger partial charge >= 0.3 is 0 Å². The third-order valence-electron chi connectivity index (χ3n) is 5.24. The fraction of sp³-hybridized carbons (Fsp3) is 0.550. The van der Waals surface area contributed by atoms with Crippen molar-refractivity contribution >= 4 is 17.7 Å². The number of nitrogens with zero attached hydrogens (tertiary/aromatic N) is 3. The highest BCUT2D eigenvalue weighted by atomic mass is 16.5. The predicted octanol–water partition coefficient (Wildman–Crippen LogP) is 0.742. The summed E-state index contributed by atoms with van der Waals surface area (Å²) in [4.78, 5) is 42.5. The van der Waals surface area contributed by atoms with Crippen molar-refractivity contribution in [2.45, 2.75) is 19.4 Å². The smallest absolute Gasteiger partial charge is 0.228 e. The van der Waals surface area contributed by atoms with Crippen LogP contribution in [0.1, 0.15) is 18.4 Å². The molecule has 2 heterocycles. The van der Waals surface area contributed by atoms with Gasteiger partial charge in [0, 0.05) is 52.8 Å². The first-order valence-electron chi connectivity index (χ1n) is 9.45. The van der Waals surface area contributed by atoms with Gasteiger partial charge in [-0.1, -0.05) is 30.3 Å². The van der Waals surface area contributed by atoms with Crippen LogP contribution in [0.5, 0.6) is 0 Å². The fourth-order valence-electron chi connectivity index (χ4n) is 3.68.